The summed E-state index contributed by atoms with van der Waals surface area (Å²) >= 11 is 0. The first-order valence-electron chi connectivity index (χ1n) is 26.1. The van der Waals surface area contributed by atoms with Crippen LogP contribution in [0.15, 0.2) is 133 Å². The number of anilines is 2. The number of rotatable bonds is 12. The Balaban J connectivity index is 0.000000164. The van der Waals surface area contributed by atoms with Gasteiger partial charge in [0, 0.05) is 56.6 Å². The van der Waals surface area contributed by atoms with E-state index < -0.39 is 12.0 Å². The number of hydrogen-bond donors (Lipinski definition) is 5. The third-order valence-corrected chi connectivity index (χ3v) is 15.2. The molecule has 17 nitrogen and oxygen atoms in total. The van der Waals surface area contributed by atoms with E-state index in [1.807, 2.05) is 126 Å². The summed E-state index contributed by atoms with van der Waals surface area (Å²) < 4.78 is 0. The highest BCUT2D eigenvalue weighted by Gasteiger charge is 2.33. The van der Waals surface area contributed by atoms with Crippen molar-refractivity contribution in [1.82, 2.24) is 44.9 Å². The normalized spacial score (nSPS) is 17.1. The van der Waals surface area contributed by atoms with Gasteiger partial charge in [0.15, 0.2) is 0 Å². The smallest absolute Gasteiger partial charge is 0.320 e. The van der Waals surface area contributed by atoms with E-state index in [4.69, 9.17) is 16.6 Å². The van der Waals surface area contributed by atoms with Gasteiger partial charge in [0.1, 0.15) is 17.4 Å². The number of nitrogen functional groups attached to an aromatic ring is 2. The molecule has 0 bridgehead atoms. The van der Waals surface area contributed by atoms with Crippen LogP contribution in [-0.2, 0) is 48.9 Å². The summed E-state index contributed by atoms with van der Waals surface area (Å²) in [6.45, 7) is 5.05. The maximum Gasteiger partial charge on any atom is 0.320 e. The van der Waals surface area contributed by atoms with Crippen LogP contribution in [-0.4, -0.2) is 112 Å². The standard InChI is InChI=1S/C31H32N6O3.C29H27N5O3/c32-31-34-26-12-11-20(16-25(26)28(35-31)30(40)37-17-21-6-1-2-7-22(21)18-37)24-9-4-3-8-23(24)19-36-14-5-10-27(36)29(39)33-13-15-38;30-29-31-24-12-11-18(22-9-4-3-8-21(22)17-33-13-5-10-25(33)28(36)37)14-23(24)26(32-29)27(35)34-15-19-6-1-2-7-20(19)16-34/h1-4,6-9,11-12,16,27,38H,5,10,13-15,17-19H2,(H,33,39)(H2,32,34,35);1-4,6-9,11-12,14,25H,5,10,13,15-17H2,(H,36,37)(H2,30,31,32). The quantitative estimate of drug-likeness (QED) is 0.0815. The van der Waals surface area contributed by atoms with Crippen LogP contribution in [0.2, 0.25) is 0 Å². The van der Waals surface area contributed by atoms with Gasteiger partial charge in [-0.25, -0.2) is 19.9 Å². The number of hydrogen-bond acceptors (Lipinski definition) is 13. The number of aliphatic hydroxyl groups excluding tert-OH is 1. The Kier molecular flexibility index (Phi) is 14.4. The van der Waals surface area contributed by atoms with E-state index in [0.29, 0.717) is 78.9 Å². The Hall–Kier alpha value is -8.64. The Bertz CT molecular complexity index is 3540. The molecule has 2 unspecified atom stereocenters. The van der Waals surface area contributed by atoms with Gasteiger partial charge in [-0.05, 0) is 119 Å². The maximum absolute atomic E-state index is 13.7. The average Bonchev–Trinajstić information content (AvgIpc) is 4.33. The van der Waals surface area contributed by atoms with E-state index in [2.05, 4.69) is 42.3 Å². The van der Waals surface area contributed by atoms with Gasteiger partial charge in [-0.15, -0.1) is 0 Å². The molecule has 390 valence electrons. The van der Waals surface area contributed by atoms with Crippen molar-refractivity contribution in [2.24, 2.45) is 0 Å². The highest BCUT2D eigenvalue weighted by molar-refractivity contribution is 6.07. The lowest BCUT2D eigenvalue weighted by molar-refractivity contribution is -0.142. The lowest BCUT2D eigenvalue weighted by atomic mass is 9.97. The number of carbonyl (C=O) groups is 4. The molecule has 0 aliphatic carbocycles. The molecule has 77 heavy (non-hydrogen) atoms. The summed E-state index contributed by atoms with van der Waals surface area (Å²) in [7, 11) is 0. The lowest BCUT2D eigenvalue weighted by Gasteiger charge is -2.25. The SMILES string of the molecule is Nc1nc(C(=O)N2Cc3ccccc3C2)c2cc(-c3ccccc3CN3CCCC3C(=O)NCCO)ccc2n1.Nc1nc(C(=O)N2Cc3ccccc3C2)c2cc(-c3ccccc3CN3CCCC3C(=O)O)ccc2n1. The average molecular weight is 1030 g/mol. The number of nitrogens with two attached hydrogens (primary N) is 2. The molecule has 6 aromatic carbocycles. The third-order valence-electron chi connectivity index (χ3n) is 15.2. The summed E-state index contributed by atoms with van der Waals surface area (Å²) in [5.41, 5.74) is 24.4. The first-order valence-corrected chi connectivity index (χ1v) is 26.1. The van der Waals surface area contributed by atoms with Gasteiger partial charge in [0.25, 0.3) is 11.8 Å². The van der Waals surface area contributed by atoms with Crippen molar-refractivity contribution in [3.8, 4) is 22.3 Å². The lowest BCUT2D eigenvalue weighted by Crippen LogP contribution is -2.43. The predicted octanol–water partition coefficient (Wildman–Crippen LogP) is 7.19. The fraction of sp³-hybridized carbons (Fsp3) is 0.267. The molecule has 7 N–H and O–H groups in total. The van der Waals surface area contributed by atoms with Crippen LogP contribution in [0.25, 0.3) is 44.1 Å². The zero-order valence-electron chi connectivity index (χ0n) is 42.5. The predicted molar refractivity (Wildman–Crippen MR) is 293 cm³/mol. The van der Waals surface area contributed by atoms with E-state index in [1.165, 1.54) is 0 Å². The molecule has 12 rings (SSSR count). The van der Waals surface area contributed by atoms with Gasteiger partial charge in [0.2, 0.25) is 17.8 Å². The van der Waals surface area contributed by atoms with Crippen molar-refractivity contribution in [3.05, 3.63) is 178 Å². The van der Waals surface area contributed by atoms with E-state index in [-0.39, 0.29) is 48.8 Å². The van der Waals surface area contributed by atoms with E-state index >= 15 is 0 Å². The van der Waals surface area contributed by atoms with Crippen molar-refractivity contribution in [3.63, 3.8) is 0 Å². The number of carbonyl (C=O) groups excluding carboxylic acids is 3. The summed E-state index contributed by atoms with van der Waals surface area (Å²) in [5.74, 6) is -1.04. The van der Waals surface area contributed by atoms with Crippen molar-refractivity contribution >= 4 is 57.4 Å². The second kappa shape index (κ2) is 21.9. The van der Waals surface area contributed by atoms with Crippen LogP contribution in [0.5, 0.6) is 0 Å². The maximum atomic E-state index is 13.7. The van der Waals surface area contributed by atoms with Crippen LogP contribution in [0.4, 0.5) is 11.9 Å². The molecule has 2 fully saturated rings. The molecule has 4 aliphatic heterocycles. The van der Waals surface area contributed by atoms with Crippen LogP contribution >= 0.6 is 0 Å². The number of aliphatic carboxylic acids is 1. The number of carboxylic acids is 1. The summed E-state index contributed by atoms with van der Waals surface area (Å²) in [6.07, 6.45) is 3.28. The van der Waals surface area contributed by atoms with Crippen molar-refractivity contribution in [2.75, 3.05) is 37.7 Å². The topological polar surface area (TPSA) is 237 Å². The highest BCUT2D eigenvalue weighted by atomic mass is 16.4. The minimum absolute atomic E-state index is 0.0447. The number of amides is 3. The van der Waals surface area contributed by atoms with Gasteiger partial charge in [-0.3, -0.25) is 29.0 Å². The molecular weight excluding hydrogens is 971 g/mol. The molecule has 4 aliphatic rings. The number of nitrogens with zero attached hydrogens (tertiary/aromatic N) is 8. The van der Waals surface area contributed by atoms with Crippen molar-refractivity contribution < 1.29 is 29.4 Å². The van der Waals surface area contributed by atoms with Crippen molar-refractivity contribution in [2.45, 2.75) is 77.0 Å². The fourth-order valence-electron chi connectivity index (χ4n) is 11.4. The highest BCUT2D eigenvalue weighted by Crippen LogP contribution is 2.35. The third kappa shape index (κ3) is 10.5. The van der Waals surface area contributed by atoms with Crippen LogP contribution in [0, 0.1) is 0 Å². The van der Waals surface area contributed by atoms with Gasteiger partial charge in [-0.2, -0.15) is 0 Å². The molecule has 0 spiro atoms. The van der Waals surface area contributed by atoms with Gasteiger partial charge in [0.05, 0.1) is 23.7 Å². The number of aliphatic hydroxyl groups is 1. The summed E-state index contributed by atoms with van der Waals surface area (Å²) in [5, 5.41) is 22.8. The molecule has 8 aromatic rings. The number of aromatic nitrogens is 4. The van der Waals surface area contributed by atoms with Crippen LogP contribution in [0.3, 0.4) is 0 Å². The van der Waals surface area contributed by atoms with Crippen molar-refractivity contribution in [1.29, 1.82) is 0 Å². The molecule has 6 heterocycles. The van der Waals surface area contributed by atoms with Gasteiger partial charge < -0.3 is 36.8 Å². The van der Waals surface area contributed by atoms with Gasteiger partial charge in [-0.1, -0.05) is 109 Å². The van der Waals surface area contributed by atoms with Gasteiger partial charge >= 0.3 is 5.97 Å². The number of benzene rings is 6. The minimum Gasteiger partial charge on any atom is -0.480 e. The molecular formula is C60H59N11O6. The molecule has 2 saturated heterocycles. The second-order valence-electron chi connectivity index (χ2n) is 20.1. The van der Waals surface area contributed by atoms with E-state index in [0.717, 1.165) is 88.0 Å². The molecule has 0 radical (unpaired) electrons. The largest absolute Gasteiger partial charge is 0.480 e. The van der Waals surface area contributed by atoms with E-state index in [1.54, 1.807) is 9.80 Å². The minimum atomic E-state index is -0.775. The Morgan fingerprint density at radius 2 is 0.961 bits per heavy atom. The van der Waals surface area contributed by atoms with Crippen LogP contribution in [0.1, 0.15) is 80.0 Å². The number of carboxylic acid groups (broad SMARTS) is 1. The number of nitrogens with one attached hydrogen (secondary N) is 1. The molecule has 0 saturated carbocycles. The number of likely N-dealkylation sites (tertiary alicyclic amines) is 2. The summed E-state index contributed by atoms with van der Waals surface area (Å²) in [4.78, 5) is 77.1. The molecule has 2 aromatic heterocycles. The molecule has 2 atom stereocenters. The Morgan fingerprint density at radius 1 is 0.545 bits per heavy atom. The first kappa shape index (κ1) is 50.5. The Morgan fingerprint density at radius 3 is 1.40 bits per heavy atom. The summed E-state index contributed by atoms with van der Waals surface area (Å²) in [6, 6.07) is 43.2. The Labute approximate surface area is 445 Å². The fourth-order valence-corrected chi connectivity index (χ4v) is 11.4. The van der Waals surface area contributed by atoms with Crippen LogP contribution < -0.4 is 16.8 Å². The second-order valence-corrected chi connectivity index (χ2v) is 20.1. The molecule has 17 heteroatoms. The number of fused-ring (bicyclic) bond motifs is 4. The zero-order chi connectivity index (χ0) is 53.2. The first-order chi connectivity index (χ1) is 37.5. The van der Waals surface area contributed by atoms with E-state index in [9.17, 15) is 24.3 Å². The zero-order valence-corrected chi connectivity index (χ0v) is 42.5. The monoisotopic (exact) mass is 1030 g/mol. The molecule has 3 amide bonds.